The standard InChI is InChI=1S/C26H32ClFN2O3/c1-3-4-5-14-30(18-19-6-9-22(28)10-7-19)25(31)20-12-15-29(16-13-20)26(32)23-17-21(27)8-11-24(23)33-2/h6-11,17,20H,3-5,12-16,18H2,1-2H3. The second-order valence-corrected chi connectivity index (χ2v) is 8.94. The van der Waals surface area contributed by atoms with Gasteiger partial charge in [0.15, 0.2) is 0 Å². The van der Waals surface area contributed by atoms with Crippen molar-refractivity contribution in [2.45, 2.75) is 45.6 Å². The number of nitrogens with zero attached hydrogens (tertiary/aromatic N) is 2. The summed E-state index contributed by atoms with van der Waals surface area (Å²) in [6.45, 7) is 4.30. The van der Waals surface area contributed by atoms with E-state index in [-0.39, 0.29) is 23.5 Å². The van der Waals surface area contributed by atoms with E-state index in [0.29, 0.717) is 55.4 Å². The molecule has 0 spiro atoms. The van der Waals surface area contributed by atoms with Crippen LogP contribution < -0.4 is 4.74 Å². The average molecular weight is 475 g/mol. The Labute approximate surface area is 200 Å². The number of hydrogen-bond donors (Lipinski definition) is 0. The van der Waals surface area contributed by atoms with Crippen LogP contribution in [-0.4, -0.2) is 48.4 Å². The molecule has 1 aliphatic rings. The summed E-state index contributed by atoms with van der Waals surface area (Å²) in [5, 5.41) is 0.479. The van der Waals surface area contributed by atoms with Crippen molar-refractivity contribution in [2.24, 2.45) is 5.92 Å². The van der Waals surface area contributed by atoms with E-state index in [2.05, 4.69) is 6.92 Å². The lowest BCUT2D eigenvalue weighted by Crippen LogP contribution is -2.44. The average Bonchev–Trinajstić information content (AvgIpc) is 2.84. The lowest BCUT2D eigenvalue weighted by atomic mass is 9.94. The molecule has 1 aliphatic heterocycles. The van der Waals surface area contributed by atoms with Crippen LogP contribution in [-0.2, 0) is 11.3 Å². The number of amides is 2. The first kappa shape index (κ1) is 25.0. The highest BCUT2D eigenvalue weighted by atomic mass is 35.5. The van der Waals surface area contributed by atoms with Crippen molar-refractivity contribution < 1.29 is 18.7 Å². The molecule has 0 bridgehead atoms. The number of likely N-dealkylation sites (tertiary alicyclic amines) is 1. The van der Waals surface area contributed by atoms with Crippen molar-refractivity contribution >= 4 is 23.4 Å². The molecule has 1 fully saturated rings. The first-order chi connectivity index (χ1) is 15.9. The molecule has 0 aliphatic carbocycles. The Morgan fingerprint density at radius 1 is 1.12 bits per heavy atom. The van der Waals surface area contributed by atoms with Gasteiger partial charge in [0.25, 0.3) is 5.91 Å². The predicted molar refractivity (Wildman–Crippen MR) is 128 cm³/mol. The number of carbonyl (C=O) groups excluding carboxylic acids is 2. The summed E-state index contributed by atoms with van der Waals surface area (Å²) in [6, 6.07) is 11.3. The highest BCUT2D eigenvalue weighted by Crippen LogP contribution is 2.27. The van der Waals surface area contributed by atoms with Crippen LogP contribution in [0.3, 0.4) is 0 Å². The fourth-order valence-electron chi connectivity index (χ4n) is 4.24. The van der Waals surface area contributed by atoms with Gasteiger partial charge in [0.05, 0.1) is 12.7 Å². The summed E-state index contributed by atoms with van der Waals surface area (Å²) in [7, 11) is 1.53. The molecule has 5 nitrogen and oxygen atoms in total. The van der Waals surface area contributed by atoms with Crippen molar-refractivity contribution in [3.8, 4) is 5.75 Å². The van der Waals surface area contributed by atoms with E-state index in [1.165, 1.54) is 19.2 Å². The van der Waals surface area contributed by atoms with E-state index in [0.717, 1.165) is 24.8 Å². The molecular weight excluding hydrogens is 443 g/mol. The quantitative estimate of drug-likeness (QED) is 0.447. The first-order valence-electron chi connectivity index (χ1n) is 11.6. The summed E-state index contributed by atoms with van der Waals surface area (Å²) >= 11 is 6.09. The summed E-state index contributed by atoms with van der Waals surface area (Å²) < 4.78 is 18.6. The fraction of sp³-hybridized carbons (Fsp3) is 0.462. The number of unbranched alkanes of at least 4 members (excludes halogenated alkanes) is 2. The molecule has 0 radical (unpaired) electrons. The SMILES string of the molecule is CCCCCN(Cc1ccc(F)cc1)C(=O)C1CCN(C(=O)c2cc(Cl)ccc2OC)CC1. The molecule has 1 heterocycles. The van der Waals surface area contributed by atoms with Crippen molar-refractivity contribution in [3.63, 3.8) is 0 Å². The Kier molecular flexibility index (Phi) is 9.12. The number of hydrogen-bond acceptors (Lipinski definition) is 3. The summed E-state index contributed by atoms with van der Waals surface area (Å²) in [5.74, 6) is 0.0617. The van der Waals surface area contributed by atoms with Gasteiger partial charge in [0, 0.05) is 37.1 Å². The minimum absolute atomic E-state index is 0.114. The summed E-state index contributed by atoms with van der Waals surface area (Å²) in [5.41, 5.74) is 1.36. The molecular formula is C26H32ClFN2O3. The van der Waals surface area contributed by atoms with Crippen LogP contribution in [0.15, 0.2) is 42.5 Å². The third kappa shape index (κ3) is 6.70. The molecule has 178 valence electrons. The third-order valence-electron chi connectivity index (χ3n) is 6.15. The van der Waals surface area contributed by atoms with Gasteiger partial charge >= 0.3 is 0 Å². The number of benzene rings is 2. The largest absolute Gasteiger partial charge is 0.496 e. The van der Waals surface area contributed by atoms with Crippen molar-refractivity contribution in [1.82, 2.24) is 9.80 Å². The van der Waals surface area contributed by atoms with Gasteiger partial charge in [-0.05, 0) is 55.2 Å². The molecule has 0 saturated carbocycles. The van der Waals surface area contributed by atoms with E-state index in [1.54, 1.807) is 35.2 Å². The molecule has 2 aromatic carbocycles. The smallest absolute Gasteiger partial charge is 0.257 e. The fourth-order valence-corrected chi connectivity index (χ4v) is 4.41. The van der Waals surface area contributed by atoms with Gasteiger partial charge in [-0.3, -0.25) is 9.59 Å². The van der Waals surface area contributed by atoms with Crippen LogP contribution in [0.25, 0.3) is 0 Å². The third-order valence-corrected chi connectivity index (χ3v) is 6.39. The lowest BCUT2D eigenvalue weighted by molar-refractivity contribution is -0.137. The monoisotopic (exact) mass is 474 g/mol. The Morgan fingerprint density at radius 3 is 2.45 bits per heavy atom. The van der Waals surface area contributed by atoms with Crippen LogP contribution in [0.1, 0.15) is 54.9 Å². The molecule has 3 rings (SSSR count). The summed E-state index contributed by atoms with van der Waals surface area (Å²) in [6.07, 6.45) is 4.30. The van der Waals surface area contributed by atoms with Gasteiger partial charge in [-0.15, -0.1) is 0 Å². The van der Waals surface area contributed by atoms with E-state index < -0.39 is 0 Å². The number of ether oxygens (including phenoxy) is 1. The number of methoxy groups -OCH3 is 1. The van der Waals surface area contributed by atoms with Gasteiger partial charge in [-0.2, -0.15) is 0 Å². The van der Waals surface area contributed by atoms with Gasteiger partial charge in [0.2, 0.25) is 5.91 Å². The highest BCUT2D eigenvalue weighted by Gasteiger charge is 2.31. The predicted octanol–water partition coefficient (Wildman–Crippen LogP) is 5.56. The molecule has 0 N–H and O–H groups in total. The van der Waals surface area contributed by atoms with Gasteiger partial charge < -0.3 is 14.5 Å². The number of piperidine rings is 1. The van der Waals surface area contributed by atoms with Gasteiger partial charge in [0.1, 0.15) is 11.6 Å². The Balaban J connectivity index is 1.64. The van der Waals surface area contributed by atoms with E-state index in [1.807, 2.05) is 4.90 Å². The van der Waals surface area contributed by atoms with Gasteiger partial charge in [-0.1, -0.05) is 43.5 Å². The van der Waals surface area contributed by atoms with Crippen molar-refractivity contribution in [2.75, 3.05) is 26.7 Å². The van der Waals surface area contributed by atoms with E-state index >= 15 is 0 Å². The number of halogens is 2. The molecule has 2 aromatic rings. The minimum atomic E-state index is -0.281. The zero-order chi connectivity index (χ0) is 23.8. The van der Waals surface area contributed by atoms with Crippen molar-refractivity contribution in [1.29, 1.82) is 0 Å². The van der Waals surface area contributed by atoms with E-state index in [4.69, 9.17) is 16.3 Å². The summed E-state index contributed by atoms with van der Waals surface area (Å²) in [4.78, 5) is 30.1. The molecule has 0 aromatic heterocycles. The maximum Gasteiger partial charge on any atom is 0.257 e. The molecule has 1 saturated heterocycles. The maximum absolute atomic E-state index is 13.4. The Hall–Kier alpha value is -2.60. The van der Waals surface area contributed by atoms with Gasteiger partial charge in [-0.25, -0.2) is 4.39 Å². The minimum Gasteiger partial charge on any atom is -0.496 e. The van der Waals surface area contributed by atoms with Crippen LogP contribution in [0.4, 0.5) is 4.39 Å². The second-order valence-electron chi connectivity index (χ2n) is 8.50. The van der Waals surface area contributed by atoms with Crippen LogP contribution in [0, 0.1) is 11.7 Å². The highest BCUT2D eigenvalue weighted by molar-refractivity contribution is 6.31. The molecule has 33 heavy (non-hydrogen) atoms. The van der Waals surface area contributed by atoms with Crippen LogP contribution >= 0.6 is 11.6 Å². The molecule has 7 heteroatoms. The first-order valence-corrected chi connectivity index (χ1v) is 12.0. The van der Waals surface area contributed by atoms with E-state index in [9.17, 15) is 14.0 Å². The molecule has 0 unspecified atom stereocenters. The lowest BCUT2D eigenvalue weighted by Gasteiger charge is -2.34. The zero-order valence-electron chi connectivity index (χ0n) is 19.4. The Morgan fingerprint density at radius 2 is 1.82 bits per heavy atom. The zero-order valence-corrected chi connectivity index (χ0v) is 20.1. The topological polar surface area (TPSA) is 49.9 Å². The second kappa shape index (κ2) is 12.0. The Bertz CT molecular complexity index is 943. The number of rotatable bonds is 9. The molecule has 2 amide bonds. The maximum atomic E-state index is 13.4. The van der Waals surface area contributed by atoms with Crippen LogP contribution in [0.2, 0.25) is 5.02 Å². The normalized spacial score (nSPS) is 14.2. The molecule has 0 atom stereocenters. The number of carbonyl (C=O) groups is 2. The van der Waals surface area contributed by atoms with Crippen LogP contribution in [0.5, 0.6) is 5.75 Å². The van der Waals surface area contributed by atoms with Crippen molar-refractivity contribution in [3.05, 3.63) is 64.4 Å².